The van der Waals surface area contributed by atoms with Gasteiger partial charge in [-0.05, 0) is 59.2 Å². The van der Waals surface area contributed by atoms with Crippen LogP contribution in [0.25, 0.3) is 0 Å². The van der Waals surface area contributed by atoms with Crippen LogP contribution in [0.15, 0.2) is 18.2 Å². The van der Waals surface area contributed by atoms with Crippen molar-refractivity contribution in [2.75, 3.05) is 6.79 Å². The van der Waals surface area contributed by atoms with Gasteiger partial charge in [0, 0.05) is 18.6 Å². The Morgan fingerprint density at radius 3 is 2.55 bits per heavy atom. The summed E-state index contributed by atoms with van der Waals surface area (Å²) in [5.74, 6) is 1.32. The van der Waals surface area contributed by atoms with Gasteiger partial charge >= 0.3 is 12.1 Å². The van der Waals surface area contributed by atoms with Gasteiger partial charge in [0.1, 0.15) is 0 Å². The zero-order valence-electron chi connectivity index (χ0n) is 17.8. The fourth-order valence-electron chi connectivity index (χ4n) is 3.81. The number of rotatable bonds is 5. The first-order valence-electron chi connectivity index (χ1n) is 9.81. The van der Waals surface area contributed by atoms with Crippen LogP contribution in [0.3, 0.4) is 0 Å². The van der Waals surface area contributed by atoms with E-state index >= 15 is 0 Å². The van der Waals surface area contributed by atoms with Crippen LogP contribution in [-0.4, -0.2) is 62.7 Å². The molecule has 1 aromatic carbocycles. The summed E-state index contributed by atoms with van der Waals surface area (Å²) in [5, 5.41) is 14.0. The third-order valence-electron chi connectivity index (χ3n) is 5.23. The zero-order chi connectivity index (χ0) is 21.5. The highest BCUT2D eigenvalue weighted by Gasteiger charge is 2.56. The molecule has 2 aliphatic heterocycles. The van der Waals surface area contributed by atoms with Crippen molar-refractivity contribution in [3.05, 3.63) is 23.8 Å². The molecule has 1 fully saturated rings. The Morgan fingerprint density at radius 2 is 1.93 bits per heavy atom. The van der Waals surface area contributed by atoms with E-state index in [1.807, 2.05) is 59.7 Å². The van der Waals surface area contributed by atoms with Crippen LogP contribution < -0.4 is 14.8 Å². The van der Waals surface area contributed by atoms with Gasteiger partial charge in [0.05, 0.1) is 5.54 Å². The number of carbonyl (C=O) groups is 2. The summed E-state index contributed by atoms with van der Waals surface area (Å²) in [6.07, 6.45) is -0.845. The Morgan fingerprint density at radius 1 is 1.28 bits per heavy atom. The normalized spacial score (nSPS) is 20.0. The van der Waals surface area contributed by atoms with Crippen LogP contribution in [-0.2, 0) is 6.54 Å². The van der Waals surface area contributed by atoms with Gasteiger partial charge in [-0.2, -0.15) is 5.06 Å². The fraction of sp³-hybridized carbons (Fsp3) is 0.600. The third kappa shape index (κ3) is 3.78. The zero-order valence-corrected chi connectivity index (χ0v) is 17.8. The van der Waals surface area contributed by atoms with Crippen LogP contribution in [0.5, 0.6) is 11.5 Å². The van der Waals surface area contributed by atoms with Gasteiger partial charge in [-0.3, -0.25) is 10.1 Å². The SMILES string of the molecule is CC(C)NC(=O)N(O)[C@H]1N(C(C)C)C(=O)N(Cc2ccc3c(c2)OCO3)C1(C)C. The topological polar surface area (TPSA) is 94.6 Å². The highest BCUT2D eigenvalue weighted by atomic mass is 16.7. The molecule has 0 saturated carbocycles. The van der Waals surface area contributed by atoms with Crippen molar-refractivity contribution in [2.24, 2.45) is 0 Å². The van der Waals surface area contributed by atoms with Gasteiger partial charge in [0.2, 0.25) is 6.79 Å². The summed E-state index contributed by atoms with van der Waals surface area (Å²) in [5.41, 5.74) is 0.0250. The van der Waals surface area contributed by atoms with E-state index in [-0.39, 0.29) is 24.9 Å². The summed E-state index contributed by atoms with van der Waals surface area (Å²) in [6.45, 7) is 11.5. The minimum atomic E-state index is -0.846. The van der Waals surface area contributed by atoms with Crippen LogP contribution in [0, 0.1) is 0 Å². The first-order valence-corrected chi connectivity index (χ1v) is 9.81. The molecule has 9 heteroatoms. The first-order chi connectivity index (χ1) is 13.5. The summed E-state index contributed by atoms with van der Waals surface area (Å²) in [4.78, 5) is 29.0. The lowest BCUT2D eigenvalue weighted by Crippen LogP contribution is -2.60. The van der Waals surface area contributed by atoms with Crippen molar-refractivity contribution >= 4 is 12.1 Å². The lowest BCUT2D eigenvalue weighted by molar-refractivity contribution is -0.138. The summed E-state index contributed by atoms with van der Waals surface area (Å²) in [7, 11) is 0. The number of amides is 4. The number of fused-ring (bicyclic) bond motifs is 1. The third-order valence-corrected chi connectivity index (χ3v) is 5.23. The monoisotopic (exact) mass is 406 g/mol. The lowest BCUT2D eigenvalue weighted by atomic mass is 9.98. The van der Waals surface area contributed by atoms with Gasteiger partial charge in [0.15, 0.2) is 17.7 Å². The fourth-order valence-corrected chi connectivity index (χ4v) is 3.81. The molecular formula is C20H30N4O5. The molecule has 1 aromatic rings. The average Bonchev–Trinajstić information content (AvgIpc) is 3.16. The van der Waals surface area contributed by atoms with E-state index in [1.165, 1.54) is 4.90 Å². The molecule has 160 valence electrons. The number of nitrogens with zero attached hydrogens (tertiary/aromatic N) is 3. The predicted molar refractivity (Wildman–Crippen MR) is 106 cm³/mol. The number of ether oxygens (including phenoxy) is 2. The van der Waals surface area contributed by atoms with Crippen molar-refractivity contribution in [3.63, 3.8) is 0 Å². The number of carbonyl (C=O) groups excluding carboxylic acids is 2. The van der Waals surface area contributed by atoms with E-state index in [1.54, 1.807) is 4.90 Å². The molecule has 0 aliphatic carbocycles. The van der Waals surface area contributed by atoms with Gasteiger partial charge < -0.3 is 19.7 Å². The average molecular weight is 406 g/mol. The Hall–Kier alpha value is -2.68. The molecular weight excluding hydrogens is 376 g/mol. The highest BCUT2D eigenvalue weighted by molar-refractivity contribution is 5.81. The second-order valence-electron chi connectivity index (χ2n) is 8.53. The Kier molecular flexibility index (Phi) is 5.53. The van der Waals surface area contributed by atoms with Crippen molar-refractivity contribution in [3.8, 4) is 11.5 Å². The first kappa shape index (κ1) is 21.0. The summed E-state index contributed by atoms with van der Waals surface area (Å²) < 4.78 is 10.8. The number of hydrogen-bond acceptors (Lipinski definition) is 5. The van der Waals surface area contributed by atoms with Crippen molar-refractivity contribution in [1.29, 1.82) is 0 Å². The molecule has 0 spiro atoms. The van der Waals surface area contributed by atoms with Crippen molar-refractivity contribution < 1.29 is 24.3 Å². The van der Waals surface area contributed by atoms with E-state index in [2.05, 4.69) is 5.32 Å². The highest BCUT2D eigenvalue weighted by Crippen LogP contribution is 2.38. The van der Waals surface area contributed by atoms with Crippen molar-refractivity contribution in [2.45, 2.75) is 71.9 Å². The van der Waals surface area contributed by atoms with Crippen LogP contribution in [0.4, 0.5) is 9.59 Å². The smallest absolute Gasteiger partial charge is 0.343 e. The molecule has 0 unspecified atom stereocenters. The number of hydrogen-bond donors (Lipinski definition) is 2. The van der Waals surface area contributed by atoms with Crippen LogP contribution >= 0.6 is 0 Å². The molecule has 4 amide bonds. The molecule has 3 rings (SSSR count). The molecule has 0 bridgehead atoms. The summed E-state index contributed by atoms with van der Waals surface area (Å²) >= 11 is 0. The number of nitrogens with one attached hydrogen (secondary N) is 1. The molecule has 0 aromatic heterocycles. The summed E-state index contributed by atoms with van der Waals surface area (Å²) in [6, 6.07) is 4.31. The van der Waals surface area contributed by atoms with E-state index < -0.39 is 17.7 Å². The maximum Gasteiger partial charge on any atom is 0.343 e. The lowest BCUT2D eigenvalue weighted by Gasteiger charge is -2.39. The molecule has 1 saturated heterocycles. The number of urea groups is 2. The molecule has 2 N–H and O–H groups in total. The molecule has 9 nitrogen and oxygen atoms in total. The Balaban J connectivity index is 1.90. The maximum absolute atomic E-state index is 13.3. The Bertz CT molecular complexity index is 795. The van der Waals surface area contributed by atoms with E-state index in [4.69, 9.17) is 9.47 Å². The Labute approximate surface area is 171 Å². The van der Waals surface area contributed by atoms with Crippen LogP contribution in [0.1, 0.15) is 47.1 Å². The van der Waals surface area contributed by atoms with Gasteiger partial charge in [-0.1, -0.05) is 6.07 Å². The number of benzene rings is 1. The van der Waals surface area contributed by atoms with E-state index in [0.29, 0.717) is 23.1 Å². The minimum Gasteiger partial charge on any atom is -0.454 e. The minimum absolute atomic E-state index is 0.144. The van der Waals surface area contributed by atoms with Crippen LogP contribution in [0.2, 0.25) is 0 Å². The second kappa shape index (κ2) is 7.62. The quantitative estimate of drug-likeness (QED) is 0.579. The molecule has 2 heterocycles. The molecule has 29 heavy (non-hydrogen) atoms. The van der Waals surface area contributed by atoms with E-state index in [0.717, 1.165) is 5.56 Å². The molecule has 1 atom stereocenters. The molecule has 2 aliphatic rings. The molecule has 0 radical (unpaired) electrons. The maximum atomic E-state index is 13.3. The second-order valence-corrected chi connectivity index (χ2v) is 8.53. The van der Waals surface area contributed by atoms with Gasteiger partial charge in [-0.15, -0.1) is 0 Å². The number of hydroxylamine groups is 2. The standard InChI is InChI=1S/C20H30N4O5/c1-12(2)21-18(25)24(27)17-20(5,6)22(19(26)23(17)13(3)4)10-14-7-8-15-16(9-14)29-11-28-15/h7-9,12-13,17,27H,10-11H2,1-6H3,(H,21,25)/t17-/m1/s1. The largest absolute Gasteiger partial charge is 0.454 e. The van der Waals surface area contributed by atoms with Gasteiger partial charge in [-0.25, -0.2) is 9.59 Å². The predicted octanol–water partition coefficient (Wildman–Crippen LogP) is 2.98. The van der Waals surface area contributed by atoms with Gasteiger partial charge in [0.25, 0.3) is 0 Å². The van der Waals surface area contributed by atoms with Crippen molar-refractivity contribution in [1.82, 2.24) is 20.2 Å². The van der Waals surface area contributed by atoms with E-state index in [9.17, 15) is 14.8 Å².